The molecule has 0 bridgehead atoms. The predicted octanol–water partition coefficient (Wildman–Crippen LogP) is 2.87. The zero-order valence-corrected chi connectivity index (χ0v) is 9.31. The minimum atomic E-state index is 0.869. The Morgan fingerprint density at radius 1 is 0.933 bits per heavy atom. The van der Waals surface area contributed by atoms with Crippen molar-refractivity contribution in [1.82, 2.24) is 15.0 Å². The van der Waals surface area contributed by atoms with Gasteiger partial charge in [-0.1, -0.05) is 19.9 Å². The maximum atomic E-state index is 4.20. The maximum absolute atomic E-state index is 4.20. The van der Waals surface area contributed by atoms with Gasteiger partial charge in [0.15, 0.2) is 0 Å². The van der Waals surface area contributed by atoms with Crippen LogP contribution < -0.4 is 0 Å². The Morgan fingerprint density at radius 2 is 1.73 bits per heavy atom. The topological polar surface area (TPSA) is 38.7 Å². The number of hydrogen-bond donors (Lipinski definition) is 0. The lowest BCUT2D eigenvalue weighted by Crippen LogP contribution is -1.89. The van der Waals surface area contributed by atoms with E-state index in [1.165, 1.54) is 0 Å². The number of rotatable bonds is 1. The summed E-state index contributed by atoms with van der Waals surface area (Å²) >= 11 is 0. The van der Waals surface area contributed by atoms with Gasteiger partial charge < -0.3 is 0 Å². The number of hydrogen-bond acceptors (Lipinski definition) is 3. The molecule has 0 aromatic carbocycles. The van der Waals surface area contributed by atoms with Gasteiger partial charge in [0.1, 0.15) is 6.33 Å². The molecule has 3 heteroatoms. The molecular weight excluding hydrogens is 186 g/mol. The molecule has 78 valence electrons. The van der Waals surface area contributed by atoms with Crippen LogP contribution >= 0.6 is 0 Å². The van der Waals surface area contributed by atoms with Crippen LogP contribution in [0.2, 0.25) is 0 Å². The first-order chi connectivity index (χ1) is 7.36. The molecule has 0 atom stereocenters. The van der Waals surface area contributed by atoms with Crippen LogP contribution in [0.3, 0.4) is 0 Å². The van der Waals surface area contributed by atoms with E-state index in [2.05, 4.69) is 15.0 Å². The first kappa shape index (κ1) is 11.3. The molecule has 2 heterocycles. The average Bonchev–Trinajstić information content (AvgIpc) is 2.33. The fourth-order valence-corrected chi connectivity index (χ4v) is 1.11. The molecule has 15 heavy (non-hydrogen) atoms. The van der Waals surface area contributed by atoms with Gasteiger partial charge in [-0.15, -0.1) is 0 Å². The number of aryl methyl sites for hydroxylation is 1. The second kappa shape index (κ2) is 5.86. The van der Waals surface area contributed by atoms with Crippen molar-refractivity contribution in [3.8, 4) is 11.4 Å². The molecule has 2 aromatic heterocycles. The van der Waals surface area contributed by atoms with Gasteiger partial charge in [0, 0.05) is 11.9 Å². The second-order valence-corrected chi connectivity index (χ2v) is 2.76. The van der Waals surface area contributed by atoms with Crippen LogP contribution in [0.1, 0.15) is 19.5 Å². The minimum absolute atomic E-state index is 0.869. The number of nitrogens with zero attached hydrogens (tertiary/aromatic N) is 3. The van der Waals surface area contributed by atoms with Crippen LogP contribution in [-0.4, -0.2) is 15.0 Å². The summed E-state index contributed by atoms with van der Waals surface area (Å²) < 4.78 is 0. The van der Waals surface area contributed by atoms with E-state index in [0.29, 0.717) is 0 Å². The Hall–Kier alpha value is -1.77. The van der Waals surface area contributed by atoms with Crippen molar-refractivity contribution in [3.05, 3.63) is 42.5 Å². The predicted molar refractivity (Wildman–Crippen MR) is 61.3 cm³/mol. The molecule has 0 amide bonds. The fourth-order valence-electron chi connectivity index (χ4n) is 1.11. The summed E-state index contributed by atoms with van der Waals surface area (Å²) in [6.07, 6.45) is 3.31. The first-order valence-corrected chi connectivity index (χ1v) is 5.06. The molecular formula is C12H15N3. The lowest BCUT2D eigenvalue weighted by Gasteiger charge is -1.98. The number of aromatic nitrogens is 3. The first-order valence-electron chi connectivity index (χ1n) is 5.06. The van der Waals surface area contributed by atoms with E-state index in [0.717, 1.165) is 17.1 Å². The lowest BCUT2D eigenvalue weighted by molar-refractivity contribution is 1.09. The third-order valence-electron chi connectivity index (χ3n) is 1.73. The SMILES string of the molecule is CC.Cc1cc(-c2ccccn2)ncn1. The van der Waals surface area contributed by atoms with E-state index < -0.39 is 0 Å². The molecule has 2 rings (SSSR count). The summed E-state index contributed by atoms with van der Waals surface area (Å²) in [5, 5.41) is 0. The Balaban J connectivity index is 0.000000531. The van der Waals surface area contributed by atoms with Crippen molar-refractivity contribution in [2.75, 3.05) is 0 Å². The van der Waals surface area contributed by atoms with Crippen LogP contribution in [-0.2, 0) is 0 Å². The van der Waals surface area contributed by atoms with Gasteiger partial charge in [-0.25, -0.2) is 9.97 Å². The van der Waals surface area contributed by atoms with E-state index in [-0.39, 0.29) is 0 Å². The molecule has 0 saturated heterocycles. The summed E-state index contributed by atoms with van der Waals surface area (Å²) in [7, 11) is 0. The molecule has 3 nitrogen and oxygen atoms in total. The van der Waals surface area contributed by atoms with Gasteiger partial charge in [-0.05, 0) is 25.1 Å². The molecule has 0 fully saturated rings. The Bertz CT molecular complexity index is 399. The van der Waals surface area contributed by atoms with Crippen LogP contribution in [0.15, 0.2) is 36.8 Å². The highest BCUT2D eigenvalue weighted by molar-refractivity contribution is 5.53. The molecule has 0 N–H and O–H groups in total. The zero-order valence-electron chi connectivity index (χ0n) is 9.31. The smallest absolute Gasteiger partial charge is 0.116 e. The van der Waals surface area contributed by atoms with Gasteiger partial charge in [0.25, 0.3) is 0 Å². The van der Waals surface area contributed by atoms with Gasteiger partial charge >= 0.3 is 0 Å². The van der Waals surface area contributed by atoms with E-state index in [9.17, 15) is 0 Å². The van der Waals surface area contributed by atoms with Gasteiger partial charge in [0.05, 0.1) is 11.4 Å². The Morgan fingerprint density at radius 3 is 2.33 bits per heavy atom. The third-order valence-corrected chi connectivity index (χ3v) is 1.73. The summed E-state index contributed by atoms with van der Waals surface area (Å²) in [4.78, 5) is 12.4. The zero-order chi connectivity index (χ0) is 11.1. The molecule has 0 aliphatic carbocycles. The Kier molecular flexibility index (Phi) is 4.41. The molecule has 0 radical (unpaired) electrons. The number of pyridine rings is 1. The van der Waals surface area contributed by atoms with Crippen LogP contribution in [0.5, 0.6) is 0 Å². The van der Waals surface area contributed by atoms with Crippen molar-refractivity contribution in [2.45, 2.75) is 20.8 Å². The van der Waals surface area contributed by atoms with Gasteiger partial charge in [0.2, 0.25) is 0 Å². The maximum Gasteiger partial charge on any atom is 0.116 e. The average molecular weight is 201 g/mol. The molecule has 2 aromatic rings. The molecule has 0 aliphatic heterocycles. The van der Waals surface area contributed by atoms with Gasteiger partial charge in [-0.2, -0.15) is 0 Å². The van der Waals surface area contributed by atoms with E-state index in [4.69, 9.17) is 0 Å². The van der Waals surface area contributed by atoms with Crippen molar-refractivity contribution >= 4 is 0 Å². The molecule has 0 aliphatic rings. The van der Waals surface area contributed by atoms with Crippen molar-refractivity contribution in [1.29, 1.82) is 0 Å². The standard InChI is InChI=1S/C10H9N3.C2H6/c1-8-6-10(13-7-12-8)9-4-2-3-5-11-9;1-2/h2-7H,1H3;1-2H3. The van der Waals surface area contributed by atoms with Gasteiger partial charge in [-0.3, -0.25) is 4.98 Å². The lowest BCUT2D eigenvalue weighted by atomic mass is 10.2. The molecule has 0 saturated carbocycles. The highest BCUT2D eigenvalue weighted by Crippen LogP contribution is 2.12. The fraction of sp³-hybridized carbons (Fsp3) is 0.250. The summed E-state index contributed by atoms with van der Waals surface area (Å²) in [5.41, 5.74) is 2.71. The quantitative estimate of drug-likeness (QED) is 0.712. The van der Waals surface area contributed by atoms with Crippen LogP contribution in [0.4, 0.5) is 0 Å². The summed E-state index contributed by atoms with van der Waals surface area (Å²) in [6, 6.07) is 7.68. The Labute approximate surface area is 90.2 Å². The normalized spacial score (nSPS) is 9.00. The van der Waals surface area contributed by atoms with Crippen LogP contribution in [0.25, 0.3) is 11.4 Å². The van der Waals surface area contributed by atoms with Crippen LogP contribution in [0, 0.1) is 6.92 Å². The second-order valence-electron chi connectivity index (χ2n) is 2.76. The van der Waals surface area contributed by atoms with E-state index in [1.807, 2.05) is 45.0 Å². The highest BCUT2D eigenvalue weighted by Gasteiger charge is 1.98. The largest absolute Gasteiger partial charge is 0.255 e. The summed E-state index contributed by atoms with van der Waals surface area (Å²) in [6.45, 7) is 5.94. The minimum Gasteiger partial charge on any atom is -0.255 e. The molecule has 0 spiro atoms. The van der Waals surface area contributed by atoms with Crippen molar-refractivity contribution < 1.29 is 0 Å². The van der Waals surface area contributed by atoms with Crippen molar-refractivity contribution in [2.24, 2.45) is 0 Å². The van der Waals surface area contributed by atoms with Crippen molar-refractivity contribution in [3.63, 3.8) is 0 Å². The van der Waals surface area contributed by atoms with E-state index in [1.54, 1.807) is 12.5 Å². The van der Waals surface area contributed by atoms with E-state index >= 15 is 0 Å². The molecule has 0 unspecified atom stereocenters. The summed E-state index contributed by atoms with van der Waals surface area (Å²) in [5.74, 6) is 0. The third kappa shape index (κ3) is 3.13. The monoisotopic (exact) mass is 201 g/mol. The highest BCUT2D eigenvalue weighted by atomic mass is 14.9.